The Bertz CT molecular complexity index is 778. The predicted octanol–water partition coefficient (Wildman–Crippen LogP) is 4.94. The summed E-state index contributed by atoms with van der Waals surface area (Å²) in [6, 6.07) is 14.8. The van der Waals surface area contributed by atoms with Gasteiger partial charge in [0.1, 0.15) is 0 Å². The SMILES string of the molecule is Brc1ccc2[nH]cc(/C=N/Nc3ccc[c]c3Br)c2c1. The molecule has 0 saturated heterocycles. The Morgan fingerprint density at radius 3 is 3.00 bits per heavy atom. The first kappa shape index (κ1) is 13.4. The molecule has 3 nitrogen and oxygen atoms in total. The van der Waals surface area contributed by atoms with Crippen molar-refractivity contribution < 1.29 is 0 Å². The van der Waals surface area contributed by atoms with Gasteiger partial charge in [0.25, 0.3) is 0 Å². The molecule has 0 fully saturated rings. The van der Waals surface area contributed by atoms with Gasteiger partial charge in [-0.15, -0.1) is 0 Å². The molecule has 0 saturated carbocycles. The number of halogens is 2. The highest BCUT2D eigenvalue weighted by molar-refractivity contribution is 9.10. The average Bonchev–Trinajstić information content (AvgIpc) is 2.83. The fourth-order valence-electron chi connectivity index (χ4n) is 1.90. The van der Waals surface area contributed by atoms with Crippen LogP contribution < -0.4 is 5.43 Å². The topological polar surface area (TPSA) is 40.2 Å². The van der Waals surface area contributed by atoms with Gasteiger partial charge in [-0.1, -0.05) is 28.1 Å². The number of aromatic nitrogens is 1. The number of nitrogens with zero attached hydrogens (tertiary/aromatic N) is 1. The van der Waals surface area contributed by atoms with E-state index in [0.29, 0.717) is 0 Å². The van der Waals surface area contributed by atoms with Crippen molar-refractivity contribution in [1.29, 1.82) is 0 Å². The molecular weight excluding hydrogens is 382 g/mol. The first-order valence-electron chi connectivity index (χ1n) is 5.96. The van der Waals surface area contributed by atoms with E-state index in [9.17, 15) is 0 Å². The molecule has 3 rings (SSSR count). The lowest BCUT2D eigenvalue weighted by Crippen LogP contribution is -1.90. The van der Waals surface area contributed by atoms with Crippen LogP contribution in [0.2, 0.25) is 0 Å². The second-order valence-electron chi connectivity index (χ2n) is 4.20. The van der Waals surface area contributed by atoms with Gasteiger partial charge in [0.2, 0.25) is 0 Å². The Balaban J connectivity index is 1.84. The van der Waals surface area contributed by atoms with Crippen molar-refractivity contribution in [2.75, 3.05) is 5.43 Å². The summed E-state index contributed by atoms with van der Waals surface area (Å²) in [5.74, 6) is 0. The second-order valence-corrected chi connectivity index (χ2v) is 5.91. The quantitative estimate of drug-likeness (QED) is 0.481. The van der Waals surface area contributed by atoms with E-state index in [1.807, 2.05) is 36.5 Å². The molecule has 0 amide bonds. The number of hydrogen-bond donors (Lipinski definition) is 2. The van der Waals surface area contributed by atoms with Crippen LogP contribution in [0, 0.1) is 6.07 Å². The summed E-state index contributed by atoms with van der Waals surface area (Å²) >= 11 is 6.90. The molecule has 99 valence electrons. The van der Waals surface area contributed by atoms with Gasteiger partial charge < -0.3 is 4.98 Å². The number of benzene rings is 2. The summed E-state index contributed by atoms with van der Waals surface area (Å²) in [6.45, 7) is 0. The summed E-state index contributed by atoms with van der Waals surface area (Å²) in [5, 5.41) is 5.39. The van der Waals surface area contributed by atoms with Crippen molar-refractivity contribution in [2.24, 2.45) is 5.10 Å². The molecule has 1 radical (unpaired) electrons. The Hall–Kier alpha value is -1.59. The van der Waals surface area contributed by atoms with E-state index in [1.165, 1.54) is 0 Å². The zero-order valence-corrected chi connectivity index (χ0v) is 13.5. The molecule has 5 heteroatoms. The molecular formula is C15H10Br2N3. The normalized spacial score (nSPS) is 11.3. The van der Waals surface area contributed by atoms with Gasteiger partial charge in [-0.05, 0) is 46.3 Å². The average molecular weight is 392 g/mol. The van der Waals surface area contributed by atoms with Crippen LogP contribution >= 0.6 is 31.9 Å². The molecule has 2 N–H and O–H groups in total. The summed E-state index contributed by atoms with van der Waals surface area (Å²) in [5.41, 5.74) is 5.99. The first-order valence-corrected chi connectivity index (χ1v) is 7.54. The summed E-state index contributed by atoms with van der Waals surface area (Å²) in [7, 11) is 0. The van der Waals surface area contributed by atoms with Crippen LogP contribution in [0.25, 0.3) is 10.9 Å². The highest BCUT2D eigenvalue weighted by Crippen LogP contribution is 2.22. The molecule has 0 atom stereocenters. The number of nitrogens with one attached hydrogen (secondary N) is 2. The van der Waals surface area contributed by atoms with Crippen LogP contribution in [0.3, 0.4) is 0 Å². The van der Waals surface area contributed by atoms with Crippen LogP contribution in [0.1, 0.15) is 5.56 Å². The molecule has 3 aromatic rings. The minimum absolute atomic E-state index is 0.860. The van der Waals surface area contributed by atoms with Crippen LogP contribution in [-0.2, 0) is 0 Å². The standard InChI is InChI=1S/C15H10Br2N3/c16-11-5-6-14-12(7-11)10(8-18-14)9-19-20-15-4-2-1-3-13(15)17/h1-2,4-9,18,20H/b19-9+. The zero-order valence-electron chi connectivity index (χ0n) is 10.3. The maximum atomic E-state index is 4.26. The highest BCUT2D eigenvalue weighted by atomic mass is 79.9. The second kappa shape index (κ2) is 5.81. The highest BCUT2D eigenvalue weighted by Gasteiger charge is 2.02. The van der Waals surface area contributed by atoms with E-state index < -0.39 is 0 Å². The maximum absolute atomic E-state index is 4.26. The first-order chi connectivity index (χ1) is 9.74. The third-order valence-electron chi connectivity index (χ3n) is 2.87. The summed E-state index contributed by atoms with van der Waals surface area (Å²) in [4.78, 5) is 3.22. The van der Waals surface area contributed by atoms with Gasteiger partial charge in [-0.3, -0.25) is 5.43 Å². The molecule has 0 aliphatic rings. The largest absolute Gasteiger partial charge is 0.361 e. The van der Waals surface area contributed by atoms with E-state index >= 15 is 0 Å². The van der Waals surface area contributed by atoms with E-state index in [0.717, 1.165) is 31.1 Å². The lowest BCUT2D eigenvalue weighted by Gasteiger charge is -2.01. The monoisotopic (exact) mass is 390 g/mol. The number of hydrazone groups is 1. The molecule has 0 aliphatic carbocycles. The molecule has 2 aromatic carbocycles. The van der Waals surface area contributed by atoms with Gasteiger partial charge in [-0.2, -0.15) is 5.10 Å². The molecule has 0 aliphatic heterocycles. The fraction of sp³-hybridized carbons (Fsp3) is 0. The van der Waals surface area contributed by atoms with Crippen molar-refractivity contribution >= 4 is 54.7 Å². The lowest BCUT2D eigenvalue weighted by molar-refractivity contribution is 1.34. The number of hydrogen-bond acceptors (Lipinski definition) is 2. The van der Waals surface area contributed by atoms with Gasteiger partial charge in [0.15, 0.2) is 0 Å². The van der Waals surface area contributed by atoms with Crippen LogP contribution in [0.4, 0.5) is 5.69 Å². The van der Waals surface area contributed by atoms with Crippen LogP contribution in [-0.4, -0.2) is 11.2 Å². The van der Waals surface area contributed by atoms with Gasteiger partial charge in [-0.25, -0.2) is 0 Å². The Morgan fingerprint density at radius 2 is 2.15 bits per heavy atom. The number of fused-ring (bicyclic) bond motifs is 1. The van der Waals surface area contributed by atoms with E-state index in [2.05, 4.69) is 59.5 Å². The number of anilines is 1. The predicted molar refractivity (Wildman–Crippen MR) is 90.2 cm³/mol. The molecule has 20 heavy (non-hydrogen) atoms. The van der Waals surface area contributed by atoms with E-state index in [4.69, 9.17) is 0 Å². The molecule has 0 bridgehead atoms. The zero-order chi connectivity index (χ0) is 13.9. The fourth-order valence-corrected chi connectivity index (χ4v) is 2.61. The van der Waals surface area contributed by atoms with Crippen molar-refractivity contribution in [3.8, 4) is 0 Å². The third kappa shape index (κ3) is 2.78. The van der Waals surface area contributed by atoms with Gasteiger partial charge in [0, 0.05) is 27.1 Å². The number of rotatable bonds is 3. The summed E-state index contributed by atoms with van der Waals surface area (Å²) < 4.78 is 1.91. The molecule has 0 spiro atoms. The van der Waals surface area contributed by atoms with Gasteiger partial charge >= 0.3 is 0 Å². The molecule has 1 heterocycles. The smallest absolute Gasteiger partial charge is 0.0710 e. The lowest BCUT2D eigenvalue weighted by atomic mass is 10.2. The Morgan fingerprint density at radius 1 is 1.25 bits per heavy atom. The number of aromatic amines is 1. The van der Waals surface area contributed by atoms with Crippen molar-refractivity contribution in [3.63, 3.8) is 0 Å². The Kier molecular flexibility index (Phi) is 3.89. The molecule has 1 aromatic heterocycles. The van der Waals surface area contributed by atoms with Crippen molar-refractivity contribution in [2.45, 2.75) is 0 Å². The minimum atomic E-state index is 0.860. The minimum Gasteiger partial charge on any atom is -0.361 e. The van der Waals surface area contributed by atoms with Gasteiger partial charge in [0.05, 0.1) is 16.4 Å². The maximum Gasteiger partial charge on any atom is 0.0710 e. The van der Waals surface area contributed by atoms with Crippen LogP contribution in [0.15, 0.2) is 56.6 Å². The Labute approximate surface area is 133 Å². The van der Waals surface area contributed by atoms with Crippen molar-refractivity contribution in [1.82, 2.24) is 4.98 Å². The van der Waals surface area contributed by atoms with Crippen molar-refractivity contribution in [3.05, 3.63) is 63.2 Å². The molecule has 0 unspecified atom stereocenters. The third-order valence-corrected chi connectivity index (χ3v) is 4.02. The van der Waals surface area contributed by atoms with E-state index in [-0.39, 0.29) is 0 Å². The van der Waals surface area contributed by atoms with E-state index in [1.54, 1.807) is 6.21 Å². The van der Waals surface area contributed by atoms with Crippen LogP contribution in [0.5, 0.6) is 0 Å². The summed E-state index contributed by atoms with van der Waals surface area (Å²) in [6.07, 6.45) is 3.74. The number of H-pyrrole nitrogens is 1.